The number of fused-ring (bicyclic) bond motifs is 7. The molecular formula is C55H52N4O4S. The van der Waals surface area contributed by atoms with Crippen LogP contribution in [0.5, 0.6) is 23.0 Å². The Bertz CT molecular complexity index is 2820. The molecule has 9 heteroatoms. The lowest BCUT2D eigenvalue weighted by molar-refractivity contribution is 0.414. The minimum atomic E-state index is -0.888. The summed E-state index contributed by atoms with van der Waals surface area (Å²) in [7, 11) is 6.76. The van der Waals surface area contributed by atoms with E-state index in [2.05, 4.69) is 152 Å². The molecule has 0 amide bonds. The zero-order valence-corrected chi connectivity index (χ0v) is 38.4. The Morgan fingerprint density at radius 1 is 0.625 bits per heavy atom. The van der Waals surface area contributed by atoms with Gasteiger partial charge in [0.2, 0.25) is 0 Å². The Kier molecular flexibility index (Phi) is 11.1. The van der Waals surface area contributed by atoms with Crippen LogP contribution < -0.4 is 28.7 Å². The molecule has 1 atom stereocenters. The van der Waals surface area contributed by atoms with Crippen LogP contribution in [-0.4, -0.2) is 38.2 Å². The van der Waals surface area contributed by atoms with Gasteiger partial charge in [0.15, 0.2) is 0 Å². The van der Waals surface area contributed by atoms with Gasteiger partial charge in [0.1, 0.15) is 28.5 Å². The van der Waals surface area contributed by atoms with E-state index >= 15 is 0 Å². The zero-order chi connectivity index (χ0) is 44.8. The van der Waals surface area contributed by atoms with Gasteiger partial charge in [-0.05, 0) is 151 Å². The lowest BCUT2D eigenvalue weighted by atomic mass is 9.75. The molecule has 6 aromatic carbocycles. The first-order valence-electron chi connectivity index (χ1n) is 21.3. The predicted molar refractivity (Wildman–Crippen MR) is 262 cm³/mol. The van der Waals surface area contributed by atoms with E-state index < -0.39 is 5.54 Å². The Morgan fingerprint density at radius 2 is 1.11 bits per heavy atom. The molecule has 1 aromatic heterocycles. The lowest BCUT2D eigenvalue weighted by Gasteiger charge is -2.41. The van der Waals surface area contributed by atoms with Crippen molar-refractivity contribution >= 4 is 40.2 Å². The van der Waals surface area contributed by atoms with E-state index in [0.29, 0.717) is 0 Å². The van der Waals surface area contributed by atoms with E-state index in [1.165, 1.54) is 0 Å². The lowest BCUT2D eigenvalue weighted by Crippen LogP contribution is -2.39. The Morgan fingerprint density at radius 3 is 1.59 bits per heavy atom. The average molecular weight is 865 g/mol. The Labute approximate surface area is 380 Å². The fourth-order valence-electron chi connectivity index (χ4n) is 8.89. The Balaban J connectivity index is 1.33. The minimum Gasteiger partial charge on any atom is -0.497 e. The van der Waals surface area contributed by atoms with Gasteiger partial charge in [-0.25, -0.2) is 4.68 Å². The number of rotatable bonds is 12. The largest absolute Gasteiger partial charge is 0.497 e. The number of anilines is 5. The number of hydrogen-bond acceptors (Lipinski definition) is 8. The normalized spacial score (nSPS) is 15.3. The Hall–Kier alpha value is -7.10. The maximum absolute atomic E-state index is 5.63. The molecule has 1 unspecified atom stereocenters. The highest BCUT2D eigenvalue weighted by Gasteiger charge is 2.52. The van der Waals surface area contributed by atoms with E-state index in [9.17, 15) is 0 Å². The maximum atomic E-state index is 5.63. The first kappa shape index (κ1) is 42.2. The highest BCUT2D eigenvalue weighted by atomic mass is 32.2. The summed E-state index contributed by atoms with van der Waals surface area (Å²) in [6.45, 7) is 13.4. The summed E-state index contributed by atoms with van der Waals surface area (Å²) in [6.07, 6.45) is 4.26. The van der Waals surface area contributed by atoms with Gasteiger partial charge in [0, 0.05) is 61.1 Å². The van der Waals surface area contributed by atoms with Gasteiger partial charge < -0.3 is 28.7 Å². The molecule has 8 nitrogen and oxygen atoms in total. The highest BCUT2D eigenvalue weighted by Crippen LogP contribution is 2.60. The number of ether oxygens (including phenoxy) is 4. The van der Waals surface area contributed by atoms with Gasteiger partial charge in [-0.3, -0.25) is 0 Å². The first-order chi connectivity index (χ1) is 31.0. The van der Waals surface area contributed by atoms with Crippen molar-refractivity contribution in [2.45, 2.75) is 43.5 Å². The maximum Gasteiger partial charge on any atom is 0.141 e. The van der Waals surface area contributed by atoms with Gasteiger partial charge in [-0.2, -0.15) is 5.10 Å². The van der Waals surface area contributed by atoms with Crippen LogP contribution in [0.15, 0.2) is 185 Å². The van der Waals surface area contributed by atoms with Gasteiger partial charge in [0.05, 0.1) is 39.8 Å². The van der Waals surface area contributed by atoms with Crippen LogP contribution in [0.1, 0.15) is 44.5 Å². The van der Waals surface area contributed by atoms with E-state index in [4.69, 9.17) is 24.0 Å². The summed E-state index contributed by atoms with van der Waals surface area (Å²) in [6, 6.07) is 50.6. The van der Waals surface area contributed by atoms with Crippen LogP contribution in [0.2, 0.25) is 0 Å². The molecule has 0 N–H and O–H groups in total. The summed E-state index contributed by atoms with van der Waals surface area (Å²) in [5.74, 6) is 3.13. The topological polar surface area (TPSA) is 61.2 Å². The number of aromatic nitrogens is 2. The van der Waals surface area contributed by atoms with E-state index in [1.807, 2.05) is 54.6 Å². The fourth-order valence-corrected chi connectivity index (χ4v) is 9.99. The standard InChI is InChI=1S/C55H52N4O4S/c1-10-37(57(38-15-24-43(60-6)25-16-38)39-17-26-44(61-7)27-18-39)33-49-36(2)64-52-32-23-42(58(40-19-28-45(62-8)29-20-40)41-21-30-46(63-9)31-22-41)34-50(52)55(49)48-14-12-11-13-47(48)51-35-53(54(3,4)5)56-59(51)55/h10-35H,1H2,2-9H3/b37-33+. The number of benzene rings is 6. The molecule has 64 heavy (non-hydrogen) atoms. The van der Waals surface area contributed by atoms with Crippen molar-refractivity contribution in [2.75, 3.05) is 38.2 Å². The van der Waals surface area contributed by atoms with Crippen LogP contribution in [0, 0.1) is 0 Å². The summed E-state index contributed by atoms with van der Waals surface area (Å²) in [5.41, 5.74) is 11.3. The van der Waals surface area contributed by atoms with Crippen molar-refractivity contribution in [3.8, 4) is 34.3 Å². The van der Waals surface area contributed by atoms with Crippen LogP contribution in [0.4, 0.5) is 28.4 Å². The molecule has 1 spiro atoms. The second-order valence-corrected chi connectivity index (χ2v) is 18.1. The second-order valence-electron chi connectivity index (χ2n) is 16.8. The number of allylic oxidation sites excluding steroid dienone is 4. The second kappa shape index (κ2) is 16.9. The molecule has 0 radical (unpaired) electrons. The molecule has 3 heterocycles. The van der Waals surface area contributed by atoms with Crippen molar-refractivity contribution < 1.29 is 18.9 Å². The summed E-state index contributed by atoms with van der Waals surface area (Å²) in [5, 5.41) is 5.63. The van der Waals surface area contributed by atoms with Crippen molar-refractivity contribution in [1.29, 1.82) is 0 Å². The highest BCUT2D eigenvalue weighted by molar-refractivity contribution is 8.03. The van der Waals surface area contributed by atoms with E-state index in [-0.39, 0.29) is 5.41 Å². The van der Waals surface area contributed by atoms with Crippen LogP contribution >= 0.6 is 11.8 Å². The SMILES string of the molecule is C=C/C(=C\C1=C(C)Sc2ccc(N(c3ccc(OC)cc3)c3ccc(OC)cc3)cc2C12c1ccccc1-c1cc(C(C)(C)C)nn12)N(c1ccc(OC)cc1)c1ccc(OC)cc1. The van der Waals surface area contributed by atoms with Crippen LogP contribution in [0.25, 0.3) is 11.3 Å². The fraction of sp³-hybridized carbons (Fsp3) is 0.182. The van der Waals surface area contributed by atoms with Crippen molar-refractivity contribution in [2.24, 2.45) is 0 Å². The summed E-state index contributed by atoms with van der Waals surface area (Å²) in [4.78, 5) is 6.83. The molecule has 7 aromatic rings. The van der Waals surface area contributed by atoms with Gasteiger partial charge in [0.25, 0.3) is 0 Å². The third-order valence-corrected chi connectivity index (χ3v) is 13.2. The number of hydrogen-bond donors (Lipinski definition) is 0. The number of methoxy groups -OCH3 is 4. The zero-order valence-electron chi connectivity index (χ0n) is 37.5. The molecule has 0 saturated heterocycles. The monoisotopic (exact) mass is 864 g/mol. The smallest absolute Gasteiger partial charge is 0.141 e. The third-order valence-electron chi connectivity index (χ3n) is 12.1. The molecule has 0 aliphatic carbocycles. The molecule has 9 rings (SSSR count). The molecule has 2 aliphatic heterocycles. The van der Waals surface area contributed by atoms with Gasteiger partial charge >= 0.3 is 0 Å². The molecule has 0 bridgehead atoms. The quantitative estimate of drug-likeness (QED) is 0.113. The third kappa shape index (κ3) is 7.19. The van der Waals surface area contributed by atoms with Crippen molar-refractivity contribution in [1.82, 2.24) is 9.78 Å². The average Bonchev–Trinajstić information content (AvgIpc) is 3.89. The van der Waals surface area contributed by atoms with Crippen LogP contribution in [0.3, 0.4) is 0 Å². The number of thioether (sulfide) groups is 1. The molecule has 0 saturated carbocycles. The summed E-state index contributed by atoms with van der Waals surface area (Å²) < 4.78 is 24.7. The van der Waals surface area contributed by atoms with E-state index in [0.717, 1.165) is 101 Å². The van der Waals surface area contributed by atoms with Crippen LogP contribution in [-0.2, 0) is 11.0 Å². The van der Waals surface area contributed by atoms with E-state index in [1.54, 1.807) is 40.2 Å². The minimum absolute atomic E-state index is 0.207. The molecule has 2 aliphatic rings. The van der Waals surface area contributed by atoms with Gasteiger partial charge in [-0.1, -0.05) is 63.4 Å². The van der Waals surface area contributed by atoms with Crippen molar-refractivity contribution in [3.63, 3.8) is 0 Å². The van der Waals surface area contributed by atoms with Crippen molar-refractivity contribution in [3.05, 3.63) is 197 Å². The molecule has 0 fully saturated rings. The first-order valence-corrected chi connectivity index (χ1v) is 22.1. The predicted octanol–water partition coefficient (Wildman–Crippen LogP) is 13.7. The number of nitrogens with zero attached hydrogens (tertiary/aromatic N) is 4. The molecular weight excluding hydrogens is 813 g/mol. The summed E-state index contributed by atoms with van der Waals surface area (Å²) >= 11 is 1.79. The molecule has 322 valence electrons. The van der Waals surface area contributed by atoms with Gasteiger partial charge in [-0.15, -0.1) is 0 Å².